The second-order valence-electron chi connectivity index (χ2n) is 6.06. The van der Waals surface area contributed by atoms with Gasteiger partial charge < -0.3 is 10.6 Å². The van der Waals surface area contributed by atoms with E-state index in [0.717, 1.165) is 10.9 Å². The number of carbonyl (C=O) groups excluding carboxylic acids is 2. The minimum absolute atomic E-state index is 0.115. The lowest BCUT2D eigenvalue weighted by molar-refractivity contribution is -0.120. The Hall–Kier alpha value is -2.43. The predicted molar refractivity (Wildman–Crippen MR) is 82.6 cm³/mol. The van der Waals surface area contributed by atoms with E-state index in [-0.39, 0.29) is 11.8 Å². The van der Waals surface area contributed by atoms with Gasteiger partial charge in [-0.15, -0.1) is 0 Å². The molecule has 1 unspecified atom stereocenters. The molecule has 1 saturated carbocycles. The van der Waals surface area contributed by atoms with Crippen molar-refractivity contribution in [1.82, 2.24) is 15.6 Å². The summed E-state index contributed by atoms with van der Waals surface area (Å²) in [5.41, 5.74) is 2.74. The molecule has 2 N–H and O–H groups in total. The maximum atomic E-state index is 12.2. The Morgan fingerprint density at radius 2 is 2.09 bits per heavy atom. The van der Waals surface area contributed by atoms with Crippen LogP contribution in [0.25, 0.3) is 10.9 Å². The number of rotatable bonds is 3. The maximum Gasteiger partial charge on any atom is 0.253 e. The molecule has 1 aliphatic heterocycles. The molecular weight excluding hydrogens is 278 g/mol. The molecule has 2 aliphatic rings. The van der Waals surface area contributed by atoms with Gasteiger partial charge in [-0.2, -0.15) is 0 Å². The lowest BCUT2D eigenvalue weighted by Gasteiger charge is -2.10. The molecule has 5 heteroatoms. The average molecular weight is 295 g/mol. The van der Waals surface area contributed by atoms with Crippen LogP contribution in [0.3, 0.4) is 0 Å². The van der Waals surface area contributed by atoms with Crippen molar-refractivity contribution in [3.8, 4) is 0 Å². The first-order valence-corrected chi connectivity index (χ1v) is 7.69. The molecule has 112 valence electrons. The third-order valence-electron chi connectivity index (χ3n) is 4.37. The Bertz CT molecular complexity index is 768. The fourth-order valence-corrected chi connectivity index (χ4v) is 2.91. The number of benzene rings is 1. The third-order valence-corrected chi connectivity index (χ3v) is 4.37. The molecule has 1 aliphatic carbocycles. The van der Waals surface area contributed by atoms with E-state index in [2.05, 4.69) is 27.8 Å². The van der Waals surface area contributed by atoms with Crippen LogP contribution >= 0.6 is 0 Å². The molecule has 1 atom stereocenters. The molecule has 1 aromatic heterocycles. The molecule has 2 aromatic rings. The summed E-state index contributed by atoms with van der Waals surface area (Å²) in [6, 6.07) is 7.66. The molecule has 5 nitrogen and oxygen atoms in total. The highest BCUT2D eigenvalue weighted by Crippen LogP contribution is 2.40. The molecule has 0 radical (unpaired) electrons. The summed E-state index contributed by atoms with van der Waals surface area (Å²) in [6.45, 7) is 0.615. The number of amides is 2. The van der Waals surface area contributed by atoms with Crippen molar-refractivity contribution < 1.29 is 9.59 Å². The fraction of sp³-hybridized carbons (Fsp3) is 0.353. The minimum Gasteiger partial charge on any atom is -0.354 e. The topological polar surface area (TPSA) is 71.1 Å². The molecule has 4 rings (SSSR count). The second kappa shape index (κ2) is 5.09. The normalized spacial score (nSPS) is 20.9. The first-order valence-electron chi connectivity index (χ1n) is 7.69. The zero-order chi connectivity index (χ0) is 15.1. The highest BCUT2D eigenvalue weighted by atomic mass is 16.2. The van der Waals surface area contributed by atoms with Crippen LogP contribution in [0.1, 0.15) is 41.1 Å². The van der Waals surface area contributed by atoms with Crippen molar-refractivity contribution in [2.24, 2.45) is 0 Å². The molecule has 2 heterocycles. The largest absolute Gasteiger partial charge is 0.354 e. The summed E-state index contributed by atoms with van der Waals surface area (Å²) >= 11 is 0. The van der Waals surface area contributed by atoms with Crippen molar-refractivity contribution in [3.05, 3.63) is 41.6 Å². The van der Waals surface area contributed by atoms with E-state index >= 15 is 0 Å². The van der Waals surface area contributed by atoms with Gasteiger partial charge in [0.05, 0.1) is 11.1 Å². The van der Waals surface area contributed by atoms with E-state index in [9.17, 15) is 9.59 Å². The van der Waals surface area contributed by atoms with Crippen molar-refractivity contribution in [2.45, 2.75) is 31.2 Å². The summed E-state index contributed by atoms with van der Waals surface area (Å²) in [5.74, 6) is 0.328. The molecule has 2 amide bonds. The fourth-order valence-electron chi connectivity index (χ4n) is 2.91. The summed E-state index contributed by atoms with van der Waals surface area (Å²) < 4.78 is 0. The van der Waals surface area contributed by atoms with Crippen molar-refractivity contribution in [1.29, 1.82) is 0 Å². The maximum absolute atomic E-state index is 12.2. The van der Waals surface area contributed by atoms with Crippen molar-refractivity contribution >= 4 is 22.7 Å². The number of carbonyl (C=O) groups is 2. The van der Waals surface area contributed by atoms with Crippen LogP contribution in [-0.4, -0.2) is 29.4 Å². The number of hydrogen-bond donors (Lipinski definition) is 2. The third kappa shape index (κ3) is 2.43. The summed E-state index contributed by atoms with van der Waals surface area (Å²) in [6.07, 6.45) is 4.74. The van der Waals surface area contributed by atoms with Gasteiger partial charge in [0, 0.05) is 18.1 Å². The number of fused-ring (bicyclic) bond motifs is 1. The van der Waals surface area contributed by atoms with E-state index in [1.54, 1.807) is 6.20 Å². The lowest BCUT2D eigenvalue weighted by atomic mass is 10.1. The van der Waals surface area contributed by atoms with Gasteiger partial charge in [-0.1, -0.05) is 12.1 Å². The zero-order valence-corrected chi connectivity index (χ0v) is 12.1. The SMILES string of the molecule is O=C(NC1CCNC1=O)c1cnc2cc(C3CC3)ccc2c1. The van der Waals surface area contributed by atoms with Gasteiger partial charge in [-0.3, -0.25) is 14.6 Å². The van der Waals surface area contributed by atoms with E-state index in [1.807, 2.05) is 12.1 Å². The quantitative estimate of drug-likeness (QED) is 0.906. The zero-order valence-electron chi connectivity index (χ0n) is 12.1. The standard InChI is InChI=1S/C17H17N3O2/c21-16(20-14-5-6-18-17(14)22)13-7-12-4-3-11(10-1-2-10)8-15(12)19-9-13/h3-4,7-10,14H,1-2,5-6H2,(H,18,22)(H,20,21). The smallest absolute Gasteiger partial charge is 0.253 e. The number of nitrogens with zero attached hydrogens (tertiary/aromatic N) is 1. The van der Waals surface area contributed by atoms with Crippen LogP contribution in [0.4, 0.5) is 0 Å². The summed E-state index contributed by atoms with van der Waals surface area (Å²) in [7, 11) is 0. The van der Waals surface area contributed by atoms with Gasteiger partial charge in [-0.05, 0) is 42.9 Å². The molecular formula is C17H17N3O2. The van der Waals surface area contributed by atoms with Gasteiger partial charge in [0.1, 0.15) is 6.04 Å². The Morgan fingerprint density at radius 3 is 2.82 bits per heavy atom. The summed E-state index contributed by atoms with van der Waals surface area (Å²) in [4.78, 5) is 28.2. The van der Waals surface area contributed by atoms with Crippen LogP contribution in [0.2, 0.25) is 0 Å². The Balaban J connectivity index is 1.57. The first kappa shape index (κ1) is 13.2. The van der Waals surface area contributed by atoms with Crippen LogP contribution < -0.4 is 10.6 Å². The van der Waals surface area contributed by atoms with Crippen LogP contribution in [0, 0.1) is 0 Å². The molecule has 22 heavy (non-hydrogen) atoms. The second-order valence-corrected chi connectivity index (χ2v) is 6.06. The van der Waals surface area contributed by atoms with Gasteiger partial charge in [0.15, 0.2) is 0 Å². The van der Waals surface area contributed by atoms with Crippen LogP contribution in [-0.2, 0) is 4.79 Å². The van der Waals surface area contributed by atoms with E-state index in [1.165, 1.54) is 18.4 Å². The number of nitrogens with one attached hydrogen (secondary N) is 2. The minimum atomic E-state index is -0.430. The molecule has 2 fully saturated rings. The van der Waals surface area contributed by atoms with E-state index < -0.39 is 6.04 Å². The van der Waals surface area contributed by atoms with Gasteiger partial charge >= 0.3 is 0 Å². The molecule has 1 aromatic carbocycles. The monoisotopic (exact) mass is 295 g/mol. The predicted octanol–water partition coefficient (Wildman–Crippen LogP) is 1.73. The Kier molecular flexibility index (Phi) is 3.06. The van der Waals surface area contributed by atoms with Gasteiger partial charge in [-0.25, -0.2) is 0 Å². The lowest BCUT2D eigenvalue weighted by Crippen LogP contribution is -2.40. The number of aromatic nitrogens is 1. The van der Waals surface area contributed by atoms with Gasteiger partial charge in [0.2, 0.25) is 5.91 Å². The molecule has 1 saturated heterocycles. The molecule has 0 spiro atoms. The highest BCUT2D eigenvalue weighted by Gasteiger charge is 2.26. The van der Waals surface area contributed by atoms with Gasteiger partial charge in [0.25, 0.3) is 5.91 Å². The summed E-state index contributed by atoms with van der Waals surface area (Å²) in [5, 5.41) is 6.42. The van der Waals surface area contributed by atoms with Crippen molar-refractivity contribution in [2.75, 3.05) is 6.54 Å². The van der Waals surface area contributed by atoms with Crippen LogP contribution in [0.5, 0.6) is 0 Å². The van der Waals surface area contributed by atoms with Crippen molar-refractivity contribution in [3.63, 3.8) is 0 Å². The van der Waals surface area contributed by atoms with E-state index in [0.29, 0.717) is 24.4 Å². The van der Waals surface area contributed by atoms with E-state index in [4.69, 9.17) is 0 Å². The Labute approximate surface area is 128 Å². The number of hydrogen-bond acceptors (Lipinski definition) is 3. The first-order chi connectivity index (χ1) is 10.7. The molecule has 0 bridgehead atoms. The number of pyridine rings is 1. The average Bonchev–Trinajstić information content (AvgIpc) is 3.31. The highest BCUT2D eigenvalue weighted by molar-refractivity contribution is 6.00. The Morgan fingerprint density at radius 1 is 1.23 bits per heavy atom. The van der Waals surface area contributed by atoms with Crippen LogP contribution in [0.15, 0.2) is 30.5 Å².